The maximum absolute atomic E-state index is 12.7. The van der Waals surface area contributed by atoms with Gasteiger partial charge >= 0.3 is 0 Å². The maximum atomic E-state index is 12.7. The number of amides is 1. The molecule has 0 bridgehead atoms. The summed E-state index contributed by atoms with van der Waals surface area (Å²) in [6.07, 6.45) is 0. The van der Waals surface area contributed by atoms with Crippen LogP contribution in [0.3, 0.4) is 0 Å². The number of anilines is 1. The molecule has 0 radical (unpaired) electrons. The summed E-state index contributed by atoms with van der Waals surface area (Å²) in [7, 11) is 1.80. The van der Waals surface area contributed by atoms with Crippen LogP contribution in [0.25, 0.3) is 11.3 Å². The third-order valence-electron chi connectivity index (χ3n) is 4.22. The van der Waals surface area contributed by atoms with Gasteiger partial charge in [0.05, 0.1) is 18.0 Å². The number of fused-ring (bicyclic) bond motifs is 1. The number of para-hydroxylation sites is 2. The Hall–Kier alpha value is -3.48. The molecule has 0 aliphatic carbocycles. The van der Waals surface area contributed by atoms with Crippen LogP contribution in [0.4, 0.5) is 5.69 Å². The highest BCUT2D eigenvalue weighted by atomic mass is 16.7. The zero-order valence-corrected chi connectivity index (χ0v) is 15.1. The van der Waals surface area contributed by atoms with Crippen molar-refractivity contribution in [1.82, 2.24) is 9.78 Å². The summed E-state index contributed by atoms with van der Waals surface area (Å²) in [5.74, 6) is 1.72. The van der Waals surface area contributed by atoms with Crippen molar-refractivity contribution < 1.29 is 19.0 Å². The fraction of sp³-hybridized carbons (Fsp3) is 0.200. The van der Waals surface area contributed by atoms with Crippen molar-refractivity contribution in [2.45, 2.75) is 6.92 Å². The summed E-state index contributed by atoms with van der Waals surface area (Å²) in [6.45, 7) is 2.64. The van der Waals surface area contributed by atoms with E-state index in [1.807, 2.05) is 43.3 Å². The number of benzene rings is 2. The van der Waals surface area contributed by atoms with Crippen molar-refractivity contribution in [2.24, 2.45) is 7.05 Å². The zero-order chi connectivity index (χ0) is 18.8. The number of aromatic nitrogens is 2. The van der Waals surface area contributed by atoms with E-state index in [9.17, 15) is 4.79 Å². The lowest BCUT2D eigenvalue weighted by molar-refractivity contribution is 0.102. The number of carbonyl (C=O) groups is 1. The molecule has 138 valence electrons. The van der Waals surface area contributed by atoms with Crippen LogP contribution in [0.1, 0.15) is 17.4 Å². The predicted molar refractivity (Wildman–Crippen MR) is 100 cm³/mol. The molecular formula is C20H19N3O4. The van der Waals surface area contributed by atoms with Gasteiger partial charge in [-0.05, 0) is 43.3 Å². The molecule has 0 saturated carbocycles. The van der Waals surface area contributed by atoms with Gasteiger partial charge in [0.1, 0.15) is 5.75 Å². The Kier molecular flexibility index (Phi) is 4.42. The van der Waals surface area contributed by atoms with Gasteiger partial charge < -0.3 is 19.5 Å². The molecule has 0 atom stereocenters. The lowest BCUT2D eigenvalue weighted by Gasteiger charge is -2.10. The van der Waals surface area contributed by atoms with E-state index in [4.69, 9.17) is 14.2 Å². The van der Waals surface area contributed by atoms with Crippen molar-refractivity contribution >= 4 is 11.6 Å². The van der Waals surface area contributed by atoms with Crippen molar-refractivity contribution in [1.29, 1.82) is 0 Å². The van der Waals surface area contributed by atoms with Crippen molar-refractivity contribution in [3.8, 4) is 28.5 Å². The first-order chi connectivity index (χ1) is 13.2. The van der Waals surface area contributed by atoms with E-state index in [2.05, 4.69) is 10.4 Å². The third kappa shape index (κ3) is 3.31. The molecule has 2 heterocycles. The Bertz CT molecular complexity index is 997. The van der Waals surface area contributed by atoms with Crippen LogP contribution in [-0.2, 0) is 7.05 Å². The summed E-state index contributed by atoms with van der Waals surface area (Å²) >= 11 is 0. The second kappa shape index (κ2) is 7.03. The van der Waals surface area contributed by atoms with Gasteiger partial charge in [0.2, 0.25) is 6.79 Å². The van der Waals surface area contributed by atoms with Gasteiger partial charge in [-0.2, -0.15) is 5.10 Å². The van der Waals surface area contributed by atoms with Crippen LogP contribution >= 0.6 is 0 Å². The molecular weight excluding hydrogens is 346 g/mol. The van der Waals surface area contributed by atoms with Gasteiger partial charge in [-0.3, -0.25) is 9.48 Å². The molecule has 0 saturated heterocycles. The van der Waals surface area contributed by atoms with E-state index in [-0.39, 0.29) is 12.7 Å². The van der Waals surface area contributed by atoms with Crippen LogP contribution in [0, 0.1) is 0 Å². The Morgan fingerprint density at radius 3 is 2.85 bits per heavy atom. The third-order valence-corrected chi connectivity index (χ3v) is 4.22. The zero-order valence-electron chi connectivity index (χ0n) is 15.1. The maximum Gasteiger partial charge on any atom is 0.276 e. The van der Waals surface area contributed by atoms with Crippen molar-refractivity contribution in [2.75, 3.05) is 18.7 Å². The number of nitrogens with one attached hydrogen (secondary N) is 1. The molecule has 0 fully saturated rings. The minimum absolute atomic E-state index is 0.219. The van der Waals surface area contributed by atoms with Crippen LogP contribution in [-0.4, -0.2) is 29.1 Å². The van der Waals surface area contributed by atoms with E-state index in [1.165, 1.54) is 0 Å². The Balaban J connectivity index is 1.59. The SMILES string of the molecule is CCOc1ccccc1NC(=O)c1cc(-c2ccc3c(c2)OCO3)n(C)n1. The van der Waals surface area contributed by atoms with E-state index in [0.29, 0.717) is 35.2 Å². The van der Waals surface area contributed by atoms with E-state index in [0.717, 1.165) is 11.3 Å². The summed E-state index contributed by atoms with van der Waals surface area (Å²) in [4.78, 5) is 12.7. The van der Waals surface area contributed by atoms with Gasteiger partial charge in [0, 0.05) is 12.6 Å². The van der Waals surface area contributed by atoms with Crippen LogP contribution < -0.4 is 19.5 Å². The normalized spacial score (nSPS) is 12.1. The standard InChI is InChI=1S/C20H19N3O4/c1-3-25-17-7-5-4-6-14(17)21-20(24)15-11-16(23(2)22-15)13-8-9-18-19(10-13)27-12-26-18/h4-11H,3,12H2,1-2H3,(H,21,24). The monoisotopic (exact) mass is 365 g/mol. The minimum Gasteiger partial charge on any atom is -0.492 e. The van der Waals surface area contributed by atoms with Crippen LogP contribution in [0.2, 0.25) is 0 Å². The minimum atomic E-state index is -0.301. The molecule has 1 N–H and O–H groups in total. The Morgan fingerprint density at radius 2 is 2.00 bits per heavy atom. The largest absolute Gasteiger partial charge is 0.492 e. The van der Waals surface area contributed by atoms with Gasteiger partial charge in [0.15, 0.2) is 17.2 Å². The van der Waals surface area contributed by atoms with Crippen molar-refractivity contribution in [3.05, 3.63) is 54.2 Å². The molecule has 0 unspecified atom stereocenters. The second-order valence-corrected chi connectivity index (χ2v) is 5.99. The average molecular weight is 365 g/mol. The predicted octanol–water partition coefficient (Wildman–Crippen LogP) is 3.47. The fourth-order valence-corrected chi connectivity index (χ4v) is 2.94. The highest BCUT2D eigenvalue weighted by molar-refractivity contribution is 6.04. The Morgan fingerprint density at radius 1 is 1.19 bits per heavy atom. The molecule has 1 amide bonds. The highest BCUT2D eigenvalue weighted by Gasteiger charge is 2.18. The summed E-state index contributed by atoms with van der Waals surface area (Å²) in [5, 5.41) is 7.20. The number of aryl methyl sites for hydroxylation is 1. The molecule has 1 aliphatic rings. The second-order valence-electron chi connectivity index (χ2n) is 5.99. The average Bonchev–Trinajstić information content (AvgIpc) is 3.29. The molecule has 1 aliphatic heterocycles. The molecule has 2 aromatic carbocycles. The first-order valence-electron chi connectivity index (χ1n) is 8.63. The number of ether oxygens (including phenoxy) is 3. The van der Waals surface area contributed by atoms with Gasteiger partial charge in [-0.1, -0.05) is 12.1 Å². The quantitative estimate of drug-likeness (QED) is 0.749. The number of hydrogen-bond acceptors (Lipinski definition) is 5. The molecule has 1 aromatic heterocycles. The van der Waals surface area contributed by atoms with E-state index < -0.39 is 0 Å². The lowest BCUT2D eigenvalue weighted by atomic mass is 10.1. The number of carbonyl (C=O) groups excluding carboxylic acids is 1. The lowest BCUT2D eigenvalue weighted by Crippen LogP contribution is -2.14. The van der Waals surface area contributed by atoms with Crippen LogP contribution in [0.5, 0.6) is 17.2 Å². The Labute approximate surface area is 156 Å². The number of hydrogen-bond donors (Lipinski definition) is 1. The summed E-state index contributed by atoms with van der Waals surface area (Å²) in [6, 6.07) is 14.7. The van der Waals surface area contributed by atoms with Crippen LogP contribution in [0.15, 0.2) is 48.5 Å². The topological polar surface area (TPSA) is 74.6 Å². The number of nitrogens with zero attached hydrogens (tertiary/aromatic N) is 2. The van der Waals surface area contributed by atoms with Gasteiger partial charge in [0.25, 0.3) is 5.91 Å². The van der Waals surface area contributed by atoms with Crippen molar-refractivity contribution in [3.63, 3.8) is 0 Å². The molecule has 4 rings (SSSR count). The number of rotatable bonds is 5. The van der Waals surface area contributed by atoms with Gasteiger partial charge in [-0.15, -0.1) is 0 Å². The molecule has 27 heavy (non-hydrogen) atoms. The summed E-state index contributed by atoms with van der Waals surface area (Å²) < 4.78 is 18.0. The summed E-state index contributed by atoms with van der Waals surface area (Å²) in [5.41, 5.74) is 2.62. The molecule has 3 aromatic rings. The van der Waals surface area contributed by atoms with E-state index >= 15 is 0 Å². The smallest absolute Gasteiger partial charge is 0.276 e. The van der Waals surface area contributed by atoms with E-state index in [1.54, 1.807) is 23.9 Å². The molecule has 0 spiro atoms. The first kappa shape index (κ1) is 17.0. The fourth-order valence-electron chi connectivity index (χ4n) is 2.94. The molecule has 7 heteroatoms. The first-order valence-corrected chi connectivity index (χ1v) is 8.63. The van der Waals surface area contributed by atoms with Gasteiger partial charge in [-0.25, -0.2) is 0 Å². The molecule has 7 nitrogen and oxygen atoms in total. The highest BCUT2D eigenvalue weighted by Crippen LogP contribution is 2.36.